The summed E-state index contributed by atoms with van der Waals surface area (Å²) in [5, 5.41) is 4.40. The molecule has 1 aromatic carbocycles. The third-order valence-electron chi connectivity index (χ3n) is 4.14. The zero-order valence-corrected chi connectivity index (χ0v) is 12.6. The molecule has 102 valence electrons. The van der Waals surface area contributed by atoms with Gasteiger partial charge in [0.25, 0.3) is 0 Å². The van der Waals surface area contributed by atoms with Crippen LogP contribution in [0.5, 0.6) is 0 Å². The van der Waals surface area contributed by atoms with Crippen LogP contribution in [-0.4, -0.2) is 14.8 Å². The van der Waals surface area contributed by atoms with Gasteiger partial charge in [0, 0.05) is 6.04 Å². The van der Waals surface area contributed by atoms with E-state index in [1.807, 2.05) is 12.1 Å². The van der Waals surface area contributed by atoms with Crippen molar-refractivity contribution in [2.24, 2.45) is 5.92 Å². The van der Waals surface area contributed by atoms with Crippen molar-refractivity contribution < 1.29 is 0 Å². The average molecular weight is 296 g/mol. The summed E-state index contributed by atoms with van der Waals surface area (Å²) in [7, 11) is 0. The molecule has 2 unspecified atom stereocenters. The Bertz CT molecular complexity index is 569. The van der Waals surface area contributed by atoms with Gasteiger partial charge in [-0.05, 0) is 30.9 Å². The number of fused-ring (bicyclic) bond motifs is 1. The van der Waals surface area contributed by atoms with E-state index in [1.165, 1.54) is 43.8 Å². The first-order valence-electron chi connectivity index (χ1n) is 6.97. The summed E-state index contributed by atoms with van der Waals surface area (Å²) in [6.07, 6.45) is 6.42. The van der Waals surface area contributed by atoms with Gasteiger partial charge in [0.05, 0.1) is 22.4 Å². The highest BCUT2D eigenvalue weighted by molar-refractivity contribution is 7.00. The van der Waals surface area contributed by atoms with Crippen molar-refractivity contribution in [3.05, 3.63) is 17.2 Å². The number of benzene rings is 1. The van der Waals surface area contributed by atoms with Gasteiger partial charge in [0.2, 0.25) is 0 Å². The van der Waals surface area contributed by atoms with Crippen LogP contribution in [0.25, 0.3) is 11.0 Å². The molecule has 0 amide bonds. The molecule has 1 N–H and O–H groups in total. The van der Waals surface area contributed by atoms with Gasteiger partial charge in [-0.1, -0.05) is 37.8 Å². The lowest BCUT2D eigenvalue weighted by molar-refractivity contribution is 0.317. The van der Waals surface area contributed by atoms with Crippen molar-refractivity contribution in [2.45, 2.75) is 45.1 Å². The van der Waals surface area contributed by atoms with Crippen LogP contribution in [0.15, 0.2) is 12.1 Å². The smallest absolute Gasteiger partial charge is 0.129 e. The third kappa shape index (κ3) is 2.56. The van der Waals surface area contributed by atoms with Crippen molar-refractivity contribution in [1.29, 1.82) is 0 Å². The zero-order chi connectivity index (χ0) is 13.2. The fourth-order valence-corrected chi connectivity index (χ4v) is 3.79. The normalized spacial score (nSPS) is 23.7. The lowest BCUT2D eigenvalue weighted by Crippen LogP contribution is -2.32. The van der Waals surface area contributed by atoms with Crippen LogP contribution in [0.2, 0.25) is 5.02 Å². The van der Waals surface area contributed by atoms with E-state index in [2.05, 4.69) is 21.0 Å². The Labute approximate surface area is 122 Å². The van der Waals surface area contributed by atoms with Crippen LogP contribution in [0.1, 0.15) is 39.0 Å². The summed E-state index contributed by atoms with van der Waals surface area (Å²) in [5.41, 5.74) is 2.82. The Balaban J connectivity index is 1.91. The zero-order valence-electron chi connectivity index (χ0n) is 11.0. The minimum Gasteiger partial charge on any atom is -0.379 e. The molecule has 2 atom stereocenters. The van der Waals surface area contributed by atoms with Crippen LogP contribution in [0.3, 0.4) is 0 Å². The number of hydrogen-bond acceptors (Lipinski definition) is 4. The van der Waals surface area contributed by atoms with Gasteiger partial charge in [0.15, 0.2) is 0 Å². The SMILES string of the molecule is CCC1CCCCC1Nc1c(Cl)ccc2nsnc12. The molecule has 19 heavy (non-hydrogen) atoms. The van der Waals surface area contributed by atoms with Gasteiger partial charge in [-0.25, -0.2) is 0 Å². The van der Waals surface area contributed by atoms with E-state index < -0.39 is 0 Å². The number of nitrogens with one attached hydrogen (secondary N) is 1. The van der Waals surface area contributed by atoms with Gasteiger partial charge >= 0.3 is 0 Å². The lowest BCUT2D eigenvalue weighted by atomic mass is 9.83. The number of anilines is 1. The minimum atomic E-state index is 0.517. The second kappa shape index (κ2) is 5.63. The molecular formula is C14H18ClN3S. The molecule has 1 saturated carbocycles. The summed E-state index contributed by atoms with van der Waals surface area (Å²) in [6.45, 7) is 2.28. The third-order valence-corrected chi connectivity index (χ3v) is 5.00. The summed E-state index contributed by atoms with van der Waals surface area (Å²) < 4.78 is 8.66. The van der Waals surface area contributed by atoms with Gasteiger partial charge in [0.1, 0.15) is 11.0 Å². The van der Waals surface area contributed by atoms with Gasteiger partial charge < -0.3 is 5.32 Å². The summed E-state index contributed by atoms with van der Waals surface area (Å²) >= 11 is 7.59. The number of rotatable bonds is 3. The van der Waals surface area contributed by atoms with E-state index in [-0.39, 0.29) is 0 Å². The fourth-order valence-electron chi connectivity index (χ4n) is 3.04. The standard InChI is InChI=1S/C14H18ClN3S/c1-2-9-5-3-4-6-11(9)16-13-10(15)7-8-12-14(13)18-19-17-12/h7-9,11,16H,2-6H2,1H3. The lowest BCUT2D eigenvalue weighted by Gasteiger charge is -2.32. The number of nitrogens with zero attached hydrogens (tertiary/aromatic N) is 2. The first kappa shape index (κ1) is 13.1. The Morgan fingerprint density at radius 2 is 2.16 bits per heavy atom. The van der Waals surface area contributed by atoms with Gasteiger partial charge in [-0.2, -0.15) is 8.75 Å². The van der Waals surface area contributed by atoms with Crippen LogP contribution < -0.4 is 5.32 Å². The molecule has 5 heteroatoms. The van der Waals surface area contributed by atoms with E-state index in [9.17, 15) is 0 Å². The first-order chi connectivity index (χ1) is 9.29. The van der Waals surface area contributed by atoms with Gasteiger partial charge in [-0.3, -0.25) is 0 Å². The van der Waals surface area contributed by atoms with E-state index in [0.29, 0.717) is 6.04 Å². The van der Waals surface area contributed by atoms with Crippen LogP contribution in [0.4, 0.5) is 5.69 Å². The van der Waals surface area contributed by atoms with E-state index >= 15 is 0 Å². The number of halogens is 1. The molecule has 2 aromatic rings. The monoisotopic (exact) mass is 295 g/mol. The van der Waals surface area contributed by atoms with Crippen LogP contribution >= 0.6 is 23.3 Å². The molecule has 3 nitrogen and oxygen atoms in total. The van der Waals surface area contributed by atoms with Crippen molar-refractivity contribution >= 4 is 40.0 Å². The quantitative estimate of drug-likeness (QED) is 0.890. The summed E-state index contributed by atoms with van der Waals surface area (Å²) in [4.78, 5) is 0. The molecule has 0 aliphatic heterocycles. The molecule has 1 fully saturated rings. The topological polar surface area (TPSA) is 37.8 Å². The predicted octanol–water partition coefficient (Wildman–Crippen LogP) is 4.73. The fraction of sp³-hybridized carbons (Fsp3) is 0.571. The molecule has 0 bridgehead atoms. The highest BCUT2D eigenvalue weighted by Crippen LogP contribution is 2.35. The maximum absolute atomic E-state index is 6.34. The molecular weight excluding hydrogens is 278 g/mol. The van der Waals surface area contributed by atoms with Crippen LogP contribution in [0, 0.1) is 5.92 Å². The highest BCUT2D eigenvalue weighted by Gasteiger charge is 2.25. The molecule has 1 aromatic heterocycles. The Kier molecular flexibility index (Phi) is 3.89. The molecule has 1 heterocycles. The van der Waals surface area contributed by atoms with Gasteiger partial charge in [-0.15, -0.1) is 0 Å². The Morgan fingerprint density at radius 3 is 3.00 bits per heavy atom. The number of hydrogen-bond donors (Lipinski definition) is 1. The van der Waals surface area contributed by atoms with E-state index in [0.717, 1.165) is 27.7 Å². The van der Waals surface area contributed by atoms with Crippen molar-refractivity contribution in [3.8, 4) is 0 Å². The Hall–Kier alpha value is -0.870. The minimum absolute atomic E-state index is 0.517. The summed E-state index contributed by atoms with van der Waals surface area (Å²) in [6, 6.07) is 4.37. The predicted molar refractivity (Wildman–Crippen MR) is 82.1 cm³/mol. The molecule has 1 aliphatic carbocycles. The average Bonchev–Trinajstić information content (AvgIpc) is 2.91. The molecule has 0 radical (unpaired) electrons. The van der Waals surface area contributed by atoms with Crippen molar-refractivity contribution in [3.63, 3.8) is 0 Å². The van der Waals surface area contributed by atoms with E-state index in [4.69, 9.17) is 11.6 Å². The summed E-state index contributed by atoms with van der Waals surface area (Å²) in [5.74, 6) is 0.742. The molecule has 0 saturated heterocycles. The molecule has 0 spiro atoms. The Morgan fingerprint density at radius 1 is 1.32 bits per heavy atom. The second-order valence-corrected chi connectivity index (χ2v) is 6.19. The first-order valence-corrected chi connectivity index (χ1v) is 8.07. The molecule has 1 aliphatic rings. The maximum Gasteiger partial charge on any atom is 0.129 e. The van der Waals surface area contributed by atoms with Crippen molar-refractivity contribution in [2.75, 3.05) is 5.32 Å². The van der Waals surface area contributed by atoms with E-state index in [1.54, 1.807) is 0 Å². The maximum atomic E-state index is 6.34. The molecule has 3 rings (SSSR count). The second-order valence-electron chi connectivity index (χ2n) is 5.26. The van der Waals surface area contributed by atoms with Crippen molar-refractivity contribution in [1.82, 2.24) is 8.75 Å². The van der Waals surface area contributed by atoms with Crippen LogP contribution in [-0.2, 0) is 0 Å². The highest BCUT2D eigenvalue weighted by atomic mass is 35.5. The number of aromatic nitrogens is 2. The largest absolute Gasteiger partial charge is 0.379 e.